The maximum absolute atomic E-state index is 2.39. The SMILES string of the molecule is CCN(CC)c1ccc2cc(/C=C/C=C/c3cc[n+](CCC[N+](C)(C)C)c4ccccc34)ccc2c1.[Br-].[Br-]. The minimum absolute atomic E-state index is 0. The second kappa shape index (κ2) is 14.6. The maximum atomic E-state index is 2.39. The molecule has 0 fully saturated rings. The molecular weight excluding hydrogens is 598 g/mol. The quantitative estimate of drug-likeness (QED) is 0.143. The fourth-order valence-corrected chi connectivity index (χ4v) is 4.83. The second-order valence-electron chi connectivity index (χ2n) is 10.5. The van der Waals surface area contributed by atoms with Crippen LogP contribution in [0.25, 0.3) is 33.8 Å². The van der Waals surface area contributed by atoms with Crippen molar-refractivity contribution in [3.63, 3.8) is 0 Å². The van der Waals surface area contributed by atoms with Crippen LogP contribution in [0.4, 0.5) is 5.69 Å². The van der Waals surface area contributed by atoms with Gasteiger partial charge >= 0.3 is 0 Å². The van der Waals surface area contributed by atoms with E-state index in [0.717, 1.165) is 24.1 Å². The molecule has 3 nitrogen and oxygen atoms in total. The highest BCUT2D eigenvalue weighted by atomic mass is 79.9. The Morgan fingerprint density at radius 2 is 1.47 bits per heavy atom. The molecule has 0 bridgehead atoms. The van der Waals surface area contributed by atoms with Gasteiger partial charge in [0, 0.05) is 30.9 Å². The van der Waals surface area contributed by atoms with Crippen LogP contribution in [0.15, 0.2) is 85.1 Å². The molecule has 0 N–H and O–H groups in total. The summed E-state index contributed by atoms with van der Waals surface area (Å²) in [6.45, 7) is 8.68. The lowest BCUT2D eigenvalue weighted by Crippen LogP contribution is -3.00. The highest BCUT2D eigenvalue weighted by Crippen LogP contribution is 2.24. The fraction of sp³-hybridized carbons (Fsp3) is 0.303. The third kappa shape index (κ3) is 8.26. The van der Waals surface area contributed by atoms with Crippen molar-refractivity contribution >= 4 is 39.5 Å². The summed E-state index contributed by atoms with van der Waals surface area (Å²) in [7, 11) is 6.77. The molecule has 0 saturated carbocycles. The molecule has 0 unspecified atom stereocenters. The molecule has 3 aromatic carbocycles. The molecule has 0 atom stereocenters. The van der Waals surface area contributed by atoms with Crippen molar-refractivity contribution in [2.75, 3.05) is 45.7 Å². The van der Waals surface area contributed by atoms with Crippen molar-refractivity contribution in [2.24, 2.45) is 0 Å². The number of aromatic nitrogens is 1. The Balaban J connectivity index is 0.00000253. The van der Waals surface area contributed by atoms with Crippen LogP contribution >= 0.6 is 0 Å². The number of hydrogen-bond acceptors (Lipinski definition) is 1. The van der Waals surface area contributed by atoms with Crippen molar-refractivity contribution in [1.29, 1.82) is 0 Å². The van der Waals surface area contributed by atoms with Crippen molar-refractivity contribution < 1.29 is 43.0 Å². The van der Waals surface area contributed by atoms with Crippen LogP contribution in [-0.2, 0) is 6.54 Å². The molecule has 0 amide bonds. The van der Waals surface area contributed by atoms with Crippen molar-refractivity contribution in [3.05, 3.63) is 96.2 Å². The summed E-state index contributed by atoms with van der Waals surface area (Å²) in [6, 6.07) is 24.4. The molecule has 1 heterocycles. The first-order valence-electron chi connectivity index (χ1n) is 13.2. The van der Waals surface area contributed by atoms with Gasteiger partial charge in [0.05, 0.1) is 39.5 Å². The Kier molecular flexibility index (Phi) is 12.2. The lowest BCUT2D eigenvalue weighted by Gasteiger charge is -2.22. The minimum Gasteiger partial charge on any atom is -1.00 e. The Morgan fingerprint density at radius 3 is 2.21 bits per heavy atom. The second-order valence-corrected chi connectivity index (χ2v) is 10.5. The van der Waals surface area contributed by atoms with Gasteiger partial charge in [-0.15, -0.1) is 0 Å². The van der Waals surface area contributed by atoms with E-state index in [-0.39, 0.29) is 34.0 Å². The lowest BCUT2D eigenvalue weighted by molar-refractivity contribution is -0.873. The molecule has 202 valence electrons. The van der Waals surface area contributed by atoms with E-state index in [1.165, 1.54) is 51.5 Å². The normalized spacial score (nSPS) is 11.7. The number of hydrogen-bond donors (Lipinski definition) is 0. The number of anilines is 1. The van der Waals surface area contributed by atoms with Crippen LogP contribution in [0.3, 0.4) is 0 Å². The summed E-state index contributed by atoms with van der Waals surface area (Å²) in [6.07, 6.45) is 12.1. The third-order valence-corrected chi connectivity index (χ3v) is 6.84. The average molecular weight is 640 g/mol. The smallest absolute Gasteiger partial charge is 0.213 e. The molecule has 4 rings (SSSR count). The van der Waals surface area contributed by atoms with Gasteiger partial charge in [0.15, 0.2) is 12.7 Å². The number of halogens is 2. The molecule has 0 aliphatic carbocycles. The van der Waals surface area contributed by atoms with E-state index in [9.17, 15) is 0 Å². The summed E-state index contributed by atoms with van der Waals surface area (Å²) < 4.78 is 3.39. The third-order valence-electron chi connectivity index (χ3n) is 6.84. The van der Waals surface area contributed by atoms with Crippen molar-refractivity contribution in [2.45, 2.75) is 26.8 Å². The number of nitrogens with zero attached hydrogens (tertiary/aromatic N) is 3. The standard InChI is InChI=1S/C33H41N3.2BrH/c1-6-34(7-2)31-20-19-29-25-27(17-18-30(29)26-31)13-8-9-14-28-21-23-35(22-12-24-36(3,4)5)33-16-11-10-15-32(28)33;;/h8-11,13-21,23,25-26H,6-7,12,22,24H2,1-5H3;2*1H/q+2;;/p-2. The summed E-state index contributed by atoms with van der Waals surface area (Å²) in [5.74, 6) is 0. The van der Waals surface area contributed by atoms with E-state index in [0.29, 0.717) is 0 Å². The molecule has 38 heavy (non-hydrogen) atoms. The summed E-state index contributed by atoms with van der Waals surface area (Å²) >= 11 is 0. The van der Waals surface area contributed by atoms with Gasteiger partial charge in [-0.1, -0.05) is 54.6 Å². The molecule has 0 aliphatic rings. The molecular formula is C33H41Br2N3. The van der Waals surface area contributed by atoms with Gasteiger partial charge in [-0.05, 0) is 60.0 Å². The number of allylic oxidation sites excluding steroid dienone is 2. The number of fused-ring (bicyclic) bond motifs is 2. The fourth-order valence-electron chi connectivity index (χ4n) is 4.83. The van der Waals surface area contributed by atoms with E-state index in [2.05, 4.69) is 142 Å². The minimum atomic E-state index is 0. The zero-order valence-corrected chi connectivity index (χ0v) is 26.5. The first kappa shape index (κ1) is 31.7. The Hall–Kier alpha value is -2.47. The number of quaternary nitrogens is 1. The predicted molar refractivity (Wildman–Crippen MR) is 157 cm³/mol. The van der Waals surface area contributed by atoms with Gasteiger partial charge < -0.3 is 43.3 Å². The van der Waals surface area contributed by atoms with Crippen molar-refractivity contribution in [1.82, 2.24) is 0 Å². The maximum Gasteiger partial charge on any atom is 0.213 e. The van der Waals surface area contributed by atoms with E-state index in [4.69, 9.17) is 0 Å². The first-order valence-corrected chi connectivity index (χ1v) is 13.2. The van der Waals surface area contributed by atoms with Gasteiger partial charge in [-0.2, -0.15) is 4.57 Å². The molecule has 5 heteroatoms. The van der Waals surface area contributed by atoms with Crippen molar-refractivity contribution in [3.8, 4) is 0 Å². The zero-order chi connectivity index (χ0) is 25.5. The monoisotopic (exact) mass is 637 g/mol. The number of para-hydroxylation sites is 1. The van der Waals surface area contributed by atoms with Crippen LogP contribution < -0.4 is 43.4 Å². The highest BCUT2D eigenvalue weighted by Gasteiger charge is 2.13. The van der Waals surface area contributed by atoms with Gasteiger partial charge in [0.1, 0.15) is 0 Å². The predicted octanol–water partition coefficient (Wildman–Crippen LogP) is 0.958. The topological polar surface area (TPSA) is 7.12 Å². The van der Waals surface area contributed by atoms with E-state index in [1.54, 1.807) is 0 Å². The molecule has 1 aromatic heterocycles. The first-order chi connectivity index (χ1) is 17.4. The lowest BCUT2D eigenvalue weighted by atomic mass is 10.1. The van der Waals surface area contributed by atoms with Gasteiger partial charge in [-0.25, -0.2) is 0 Å². The summed E-state index contributed by atoms with van der Waals surface area (Å²) in [5, 5.41) is 3.86. The van der Waals surface area contributed by atoms with Crippen LogP contribution in [0, 0.1) is 0 Å². The number of rotatable bonds is 10. The van der Waals surface area contributed by atoms with Crippen LogP contribution in [0.5, 0.6) is 0 Å². The van der Waals surface area contributed by atoms with Crippen LogP contribution in [0.1, 0.15) is 31.4 Å². The van der Waals surface area contributed by atoms with E-state index >= 15 is 0 Å². The van der Waals surface area contributed by atoms with E-state index < -0.39 is 0 Å². The highest BCUT2D eigenvalue weighted by molar-refractivity contribution is 5.88. The summed E-state index contributed by atoms with van der Waals surface area (Å²) in [5.41, 5.74) is 5.06. The largest absolute Gasteiger partial charge is 1.00 e. The van der Waals surface area contributed by atoms with Gasteiger partial charge in [0.2, 0.25) is 5.52 Å². The molecule has 0 aliphatic heterocycles. The molecule has 4 aromatic rings. The number of benzene rings is 3. The molecule has 0 saturated heterocycles. The average Bonchev–Trinajstić information content (AvgIpc) is 2.87. The molecule has 0 spiro atoms. The van der Waals surface area contributed by atoms with Crippen LogP contribution in [0.2, 0.25) is 0 Å². The Labute approximate surface area is 250 Å². The number of pyridine rings is 1. The Morgan fingerprint density at radius 1 is 0.789 bits per heavy atom. The van der Waals surface area contributed by atoms with Gasteiger partial charge in [0.25, 0.3) is 0 Å². The summed E-state index contributed by atoms with van der Waals surface area (Å²) in [4.78, 5) is 2.39. The molecule has 0 radical (unpaired) electrons. The number of aryl methyl sites for hydroxylation is 1. The zero-order valence-electron chi connectivity index (χ0n) is 23.4. The van der Waals surface area contributed by atoms with E-state index in [1.807, 2.05) is 0 Å². The van der Waals surface area contributed by atoms with Crippen LogP contribution in [-0.4, -0.2) is 45.3 Å². The Bertz CT molecular complexity index is 1380. The van der Waals surface area contributed by atoms with Gasteiger partial charge in [-0.3, -0.25) is 0 Å².